The van der Waals surface area contributed by atoms with Gasteiger partial charge in [0.15, 0.2) is 0 Å². The maximum absolute atomic E-state index is 6.33. The molecule has 2 saturated heterocycles. The fourth-order valence-electron chi connectivity index (χ4n) is 23.8. The Balaban J connectivity index is 0.000000118. The summed E-state index contributed by atoms with van der Waals surface area (Å²) in [6.45, 7) is 64.4. The van der Waals surface area contributed by atoms with Gasteiger partial charge in [-0.15, -0.1) is 0 Å². The number of hydrogen-bond donors (Lipinski definition) is 0. The highest BCUT2D eigenvalue weighted by Gasteiger charge is 2.55. The highest BCUT2D eigenvalue weighted by Crippen LogP contribution is 2.58. The molecule has 2 heterocycles. The number of fused-ring (bicyclic) bond motifs is 21. The van der Waals surface area contributed by atoms with Crippen LogP contribution in [0.4, 0.5) is 0 Å². The molecule has 0 N–H and O–H groups in total. The molecular formula is C123H126B2Br4O4Si2. The van der Waals surface area contributed by atoms with Gasteiger partial charge >= 0.3 is 14.2 Å². The van der Waals surface area contributed by atoms with Crippen molar-refractivity contribution < 1.29 is 18.6 Å². The van der Waals surface area contributed by atoms with Crippen molar-refractivity contribution in [2.24, 2.45) is 0 Å². The highest BCUT2D eigenvalue weighted by molar-refractivity contribution is 9.11. The molecule has 0 bridgehead atoms. The summed E-state index contributed by atoms with van der Waals surface area (Å²) in [5.74, 6) is 0. The minimum absolute atomic E-state index is 0.00386. The van der Waals surface area contributed by atoms with Crippen molar-refractivity contribution >= 4 is 126 Å². The van der Waals surface area contributed by atoms with E-state index in [0.29, 0.717) is 0 Å². The molecule has 4 nitrogen and oxygen atoms in total. The largest absolute Gasteiger partial charge is 0.494 e. The van der Waals surface area contributed by atoms with Crippen LogP contribution in [0.1, 0.15) is 241 Å². The zero-order valence-corrected chi connectivity index (χ0v) is 92.4. The van der Waals surface area contributed by atoms with Gasteiger partial charge in [-0.3, -0.25) is 0 Å². The van der Waals surface area contributed by atoms with E-state index in [2.05, 4.69) is 511 Å². The number of halogens is 4. The average Bonchev–Trinajstić information content (AvgIpc) is 1.60. The molecule has 0 atom stereocenters. The van der Waals surface area contributed by atoms with Crippen LogP contribution in [0, 0.1) is 13.8 Å². The third-order valence-corrected chi connectivity index (χ3v) is 43.2. The molecule has 9 aliphatic rings. The lowest BCUT2D eigenvalue weighted by Crippen LogP contribution is -2.53. The van der Waals surface area contributed by atoms with Crippen LogP contribution >= 0.6 is 63.7 Å². The van der Waals surface area contributed by atoms with Crippen molar-refractivity contribution in [1.82, 2.24) is 0 Å². The van der Waals surface area contributed by atoms with Crippen LogP contribution in [0.15, 0.2) is 273 Å². The van der Waals surface area contributed by atoms with E-state index in [1.165, 1.54) is 199 Å². The molecule has 0 radical (unpaired) electrons. The molecular weight excluding hydrogens is 1940 g/mol. The van der Waals surface area contributed by atoms with Crippen molar-refractivity contribution in [2.45, 2.75) is 253 Å². The van der Waals surface area contributed by atoms with E-state index in [-0.39, 0.29) is 74.5 Å². The second kappa shape index (κ2) is 31.7. The third-order valence-electron chi connectivity index (χ3n) is 34.2. The van der Waals surface area contributed by atoms with Crippen LogP contribution in [0.5, 0.6) is 0 Å². The summed E-state index contributed by atoms with van der Waals surface area (Å²) in [5, 5.41) is 6.04. The van der Waals surface area contributed by atoms with E-state index in [9.17, 15) is 0 Å². The Labute approximate surface area is 840 Å². The second-order valence-electron chi connectivity index (χ2n) is 46.8. The van der Waals surface area contributed by atoms with E-state index >= 15 is 0 Å². The highest BCUT2D eigenvalue weighted by atomic mass is 79.9. The van der Waals surface area contributed by atoms with Crippen LogP contribution in [0.25, 0.3) is 89.0 Å². The van der Waals surface area contributed by atoms with E-state index in [1.54, 1.807) is 0 Å². The molecule has 0 amide bonds. The van der Waals surface area contributed by atoms with E-state index in [1.807, 2.05) is 0 Å². The Morgan fingerprint density at radius 3 is 0.593 bits per heavy atom. The van der Waals surface area contributed by atoms with Crippen molar-refractivity contribution in [3.63, 3.8) is 0 Å². The molecule has 0 unspecified atom stereocenters. The first kappa shape index (κ1) is 94.0. The predicted octanol–water partition coefficient (Wildman–Crippen LogP) is 30.5. The van der Waals surface area contributed by atoms with Gasteiger partial charge in [-0.1, -0.05) is 413 Å². The van der Waals surface area contributed by atoms with Crippen LogP contribution in [-0.4, -0.2) is 52.8 Å². The third kappa shape index (κ3) is 14.8. The summed E-state index contributed by atoms with van der Waals surface area (Å²) in [6.07, 6.45) is 0. The van der Waals surface area contributed by atoms with Gasteiger partial charge in [0.25, 0.3) is 0 Å². The van der Waals surface area contributed by atoms with Crippen molar-refractivity contribution in [3.8, 4) is 89.0 Å². The number of aryl methyl sites for hydroxylation is 2. The molecule has 2 aliphatic heterocycles. The molecule has 0 aromatic heterocycles. The SMILES string of the molecule is CC1(C)c2cc(B3OC(C)(C)C(C)(C)O3)ccc2-c2ccc(B3OC(C)(C)C(C)(C)O3)cc21.CC1(C)c2cc(Br)ccc2-c2ccc(Br)cc21.CC1(C)c2cc(Br)ccc2-c2ccc([Si](C)(C)c3ccc4c(c3)C(C)(C)c3cc(Br)ccc3-4)cc21.Cc1ccc2c(c1)C(C)(C)c1cc(-c3ccc4c(c3)C(C)(C)c3cc([Si](C)(C)c5ccc6c(c5)C(C)(C)c5cc(C)ccc5-6)ccc3-4)ccc1-2. The lowest BCUT2D eigenvalue weighted by atomic mass is 9.73. The van der Waals surface area contributed by atoms with Gasteiger partial charge < -0.3 is 18.6 Å². The normalized spacial score (nSPS) is 18.6. The van der Waals surface area contributed by atoms with Gasteiger partial charge in [-0.25, -0.2) is 0 Å². The van der Waals surface area contributed by atoms with Crippen LogP contribution in [0.2, 0.25) is 26.2 Å². The summed E-state index contributed by atoms with van der Waals surface area (Å²) >= 11 is 14.5. The Bertz CT molecular complexity index is 7110. The molecule has 0 spiro atoms. The summed E-state index contributed by atoms with van der Waals surface area (Å²) in [4.78, 5) is 0. The minimum Gasteiger partial charge on any atom is -0.399 e. The Kier molecular flexibility index (Phi) is 22.1. The molecule has 14 aromatic carbocycles. The van der Waals surface area contributed by atoms with Gasteiger partial charge in [0.05, 0.1) is 22.4 Å². The quantitative estimate of drug-likeness (QED) is 0.149. The van der Waals surface area contributed by atoms with E-state index in [4.69, 9.17) is 18.6 Å². The van der Waals surface area contributed by atoms with Crippen LogP contribution in [0.3, 0.4) is 0 Å². The molecule has 684 valence electrons. The average molecular weight is 2070 g/mol. The van der Waals surface area contributed by atoms with Gasteiger partial charge in [-0.05, 0) is 308 Å². The van der Waals surface area contributed by atoms with E-state index < -0.39 is 16.1 Å². The molecule has 12 heteroatoms. The Morgan fingerprint density at radius 2 is 0.363 bits per heavy atom. The van der Waals surface area contributed by atoms with Gasteiger partial charge in [0, 0.05) is 55.8 Å². The zero-order valence-electron chi connectivity index (χ0n) is 84.0. The van der Waals surface area contributed by atoms with Gasteiger partial charge in [-0.2, -0.15) is 0 Å². The second-order valence-corrected chi connectivity index (χ2v) is 59.3. The number of rotatable bonds is 7. The number of hydrogen-bond acceptors (Lipinski definition) is 4. The van der Waals surface area contributed by atoms with Crippen LogP contribution in [-0.2, 0) is 56.5 Å². The maximum Gasteiger partial charge on any atom is 0.494 e. The molecule has 2 fully saturated rings. The molecule has 7 aliphatic carbocycles. The monoisotopic (exact) mass is 2060 g/mol. The predicted molar refractivity (Wildman–Crippen MR) is 592 cm³/mol. The molecule has 14 aromatic rings. The lowest BCUT2D eigenvalue weighted by molar-refractivity contribution is 0.00578. The standard InChI is InChI=1S/C49H48Si.C32H30Br2Si.C27H36B2O4.C15H12Br2/c1-29-11-17-35-37-19-13-31(25-43(37)47(3,4)41(35)23-29)32-14-20-38-40-22-16-34(28-46(40)49(7,8)44(38)26-32)50(9,10)33-15-21-39-36-18-12-30(2)24-42(36)48(5,6)45(39)27-33;1-31(2)27-15-19(33)7-11-23(27)25-13-9-21(17-29(25)31)35(5,6)22-10-14-26-24-12-8-20(34)16-28(24)32(3,4)30(26)18-22;1-23(2)21-15-17(28-30-24(3,4)25(5,6)31-28)11-13-19(21)20-14-12-18(16-22(20)23)29-32-26(7,8)27(9,10)33-29;1-15(2)13-7-9(16)3-5-11(13)12-6-4-10(17)8-14(12)15/h11-28H,1-10H3;7-18H,1-6H3;11-16H,1-10H3;3-8H,1-2H3. The topological polar surface area (TPSA) is 36.9 Å². The minimum atomic E-state index is -2.00. The van der Waals surface area contributed by atoms with Gasteiger partial charge in [0.1, 0.15) is 16.1 Å². The first-order valence-corrected chi connectivity index (χ1v) is 57.6. The first-order chi connectivity index (χ1) is 63.1. The summed E-state index contributed by atoms with van der Waals surface area (Å²) in [7, 11) is -4.64. The van der Waals surface area contributed by atoms with Crippen molar-refractivity contribution in [2.75, 3.05) is 0 Å². The fourth-order valence-corrected chi connectivity index (χ4v) is 29.9. The van der Waals surface area contributed by atoms with Crippen molar-refractivity contribution in [1.29, 1.82) is 0 Å². The lowest BCUT2D eigenvalue weighted by Gasteiger charge is -2.32. The Morgan fingerprint density at radius 1 is 0.193 bits per heavy atom. The summed E-state index contributed by atoms with van der Waals surface area (Å²) < 4.78 is 29.9. The van der Waals surface area contributed by atoms with Gasteiger partial charge in [0.2, 0.25) is 0 Å². The fraction of sp³-hybridized carbons (Fsp3) is 0.317. The maximum atomic E-state index is 6.33. The summed E-state index contributed by atoms with van der Waals surface area (Å²) in [6, 6.07) is 97.7. The zero-order chi connectivity index (χ0) is 96.4. The molecule has 135 heavy (non-hydrogen) atoms. The Hall–Kier alpha value is -8.60. The molecule has 23 rings (SSSR count). The number of benzene rings is 14. The van der Waals surface area contributed by atoms with Crippen LogP contribution < -0.4 is 31.7 Å². The van der Waals surface area contributed by atoms with E-state index in [0.717, 1.165) is 28.8 Å². The smallest absolute Gasteiger partial charge is 0.399 e. The van der Waals surface area contributed by atoms with Crippen molar-refractivity contribution in [3.05, 3.63) is 362 Å². The summed E-state index contributed by atoms with van der Waals surface area (Å²) in [5.41, 5.74) is 44.9. The first-order valence-electron chi connectivity index (χ1n) is 48.4. The molecule has 0 saturated carbocycles.